The second-order valence-electron chi connectivity index (χ2n) is 7.11. The van der Waals surface area contributed by atoms with Gasteiger partial charge in [0, 0.05) is 11.4 Å². The number of amides is 2. The van der Waals surface area contributed by atoms with Gasteiger partial charge in [0.25, 0.3) is 5.91 Å². The highest BCUT2D eigenvalue weighted by Crippen LogP contribution is 2.41. The molecule has 0 radical (unpaired) electrons. The summed E-state index contributed by atoms with van der Waals surface area (Å²) in [7, 11) is 0. The molecule has 0 unspecified atom stereocenters. The van der Waals surface area contributed by atoms with Crippen LogP contribution in [-0.4, -0.2) is 49.4 Å². The molecule has 1 heterocycles. The maximum atomic E-state index is 13.2. The normalized spacial score (nSPS) is 14.8. The number of fused-ring (bicyclic) bond motifs is 1. The van der Waals surface area contributed by atoms with E-state index in [2.05, 4.69) is 24.1 Å². The van der Waals surface area contributed by atoms with E-state index in [1.807, 2.05) is 60.7 Å². The van der Waals surface area contributed by atoms with Gasteiger partial charge in [0.15, 0.2) is 0 Å². The predicted octanol–water partition coefficient (Wildman–Crippen LogP) is 4.01. The first-order chi connectivity index (χ1) is 14.6. The van der Waals surface area contributed by atoms with Gasteiger partial charge in [0.1, 0.15) is 6.54 Å². The largest absolute Gasteiger partial charge is 0.355 e. The molecule has 158 valence electrons. The third-order valence-corrected chi connectivity index (χ3v) is 6.18. The maximum Gasteiger partial charge on any atom is 0.265 e. The quantitative estimate of drug-likeness (QED) is 0.489. The third-order valence-electron chi connectivity index (χ3n) is 5.10. The SMILES string of the molecule is CCN(CC)CCCNC(=O)CN1C(=O)/C(=C/c2ccccc2)Sc2ccccc21. The Morgan fingerprint density at radius 2 is 1.77 bits per heavy atom. The minimum Gasteiger partial charge on any atom is -0.355 e. The van der Waals surface area contributed by atoms with Crippen LogP contribution in [0.15, 0.2) is 64.4 Å². The number of nitrogens with zero attached hydrogens (tertiary/aromatic N) is 2. The van der Waals surface area contributed by atoms with Crippen LogP contribution >= 0.6 is 11.8 Å². The van der Waals surface area contributed by atoms with Gasteiger partial charge in [-0.15, -0.1) is 0 Å². The Kier molecular flexibility index (Phi) is 8.11. The molecule has 1 N–H and O–H groups in total. The Balaban J connectivity index is 1.69. The van der Waals surface area contributed by atoms with E-state index in [-0.39, 0.29) is 18.4 Å². The van der Waals surface area contributed by atoms with Crippen LogP contribution in [0.25, 0.3) is 6.08 Å². The molecule has 0 saturated carbocycles. The molecule has 0 atom stereocenters. The first kappa shape index (κ1) is 22.1. The molecule has 6 heteroatoms. The van der Waals surface area contributed by atoms with E-state index in [1.165, 1.54) is 11.8 Å². The molecule has 0 bridgehead atoms. The molecule has 2 aromatic carbocycles. The van der Waals surface area contributed by atoms with Crippen LogP contribution in [0.5, 0.6) is 0 Å². The van der Waals surface area contributed by atoms with Gasteiger partial charge in [0.2, 0.25) is 5.91 Å². The van der Waals surface area contributed by atoms with Gasteiger partial charge in [-0.25, -0.2) is 0 Å². The number of rotatable bonds is 9. The summed E-state index contributed by atoms with van der Waals surface area (Å²) in [5, 5.41) is 2.96. The molecule has 3 rings (SSSR count). The zero-order valence-corrected chi connectivity index (χ0v) is 18.5. The smallest absolute Gasteiger partial charge is 0.265 e. The maximum absolute atomic E-state index is 13.2. The first-order valence-electron chi connectivity index (χ1n) is 10.5. The number of hydrogen-bond donors (Lipinski definition) is 1. The van der Waals surface area contributed by atoms with E-state index >= 15 is 0 Å². The van der Waals surface area contributed by atoms with E-state index in [1.54, 1.807) is 4.90 Å². The molecule has 1 aliphatic heterocycles. The lowest BCUT2D eigenvalue weighted by Gasteiger charge is -2.29. The summed E-state index contributed by atoms with van der Waals surface area (Å²) >= 11 is 1.45. The number of para-hydroxylation sites is 1. The average Bonchev–Trinajstić information content (AvgIpc) is 2.77. The van der Waals surface area contributed by atoms with Crippen LogP contribution in [0.2, 0.25) is 0 Å². The Bertz CT molecular complexity index is 894. The Morgan fingerprint density at radius 1 is 1.07 bits per heavy atom. The molecule has 2 amide bonds. The fourth-order valence-electron chi connectivity index (χ4n) is 3.39. The highest BCUT2D eigenvalue weighted by Gasteiger charge is 2.30. The summed E-state index contributed by atoms with van der Waals surface area (Å²) < 4.78 is 0. The lowest BCUT2D eigenvalue weighted by atomic mass is 10.2. The summed E-state index contributed by atoms with van der Waals surface area (Å²) in [5.41, 5.74) is 1.75. The van der Waals surface area contributed by atoms with E-state index in [0.29, 0.717) is 11.4 Å². The summed E-state index contributed by atoms with van der Waals surface area (Å²) in [6, 6.07) is 17.5. The summed E-state index contributed by atoms with van der Waals surface area (Å²) in [4.78, 5) is 31.3. The number of anilines is 1. The van der Waals surface area contributed by atoms with Crippen molar-refractivity contribution in [2.75, 3.05) is 37.6 Å². The third kappa shape index (κ3) is 5.74. The van der Waals surface area contributed by atoms with Crippen LogP contribution in [-0.2, 0) is 9.59 Å². The summed E-state index contributed by atoms with van der Waals surface area (Å²) in [6.07, 6.45) is 2.78. The molecule has 0 aromatic heterocycles. The summed E-state index contributed by atoms with van der Waals surface area (Å²) in [5.74, 6) is -0.274. The van der Waals surface area contributed by atoms with E-state index in [9.17, 15) is 9.59 Å². The van der Waals surface area contributed by atoms with Crippen LogP contribution < -0.4 is 10.2 Å². The predicted molar refractivity (Wildman–Crippen MR) is 124 cm³/mol. The van der Waals surface area contributed by atoms with Gasteiger partial charge < -0.3 is 10.2 Å². The molecule has 0 fully saturated rings. The Labute approximate surface area is 183 Å². The minimum atomic E-state index is -0.138. The standard InChI is InChI=1S/C24H29N3O2S/c1-3-26(4-2)16-10-15-25-23(28)18-27-20-13-8-9-14-21(20)30-22(24(27)29)17-19-11-6-5-7-12-19/h5-9,11-14,17H,3-4,10,15-16,18H2,1-2H3,(H,25,28)/b22-17-. The number of nitrogens with one attached hydrogen (secondary N) is 1. The van der Waals surface area contributed by atoms with E-state index in [4.69, 9.17) is 0 Å². The molecule has 1 aliphatic rings. The molecule has 0 saturated heterocycles. The highest BCUT2D eigenvalue weighted by molar-refractivity contribution is 8.04. The number of thioether (sulfide) groups is 1. The highest BCUT2D eigenvalue weighted by atomic mass is 32.2. The lowest BCUT2D eigenvalue weighted by Crippen LogP contribution is -2.43. The van der Waals surface area contributed by atoms with Crippen molar-refractivity contribution in [3.8, 4) is 0 Å². The van der Waals surface area contributed by atoms with Crippen LogP contribution in [0.1, 0.15) is 25.8 Å². The molecule has 30 heavy (non-hydrogen) atoms. The van der Waals surface area contributed by atoms with Crippen molar-refractivity contribution in [3.63, 3.8) is 0 Å². The first-order valence-corrected chi connectivity index (χ1v) is 11.3. The van der Waals surface area contributed by atoms with Gasteiger partial charge in [-0.3, -0.25) is 14.5 Å². The van der Waals surface area contributed by atoms with Crippen molar-refractivity contribution in [3.05, 3.63) is 65.1 Å². The fourth-order valence-corrected chi connectivity index (χ4v) is 4.45. The summed E-state index contributed by atoms with van der Waals surface area (Å²) in [6.45, 7) is 7.89. The Hall–Kier alpha value is -2.57. The van der Waals surface area contributed by atoms with E-state index in [0.717, 1.165) is 42.2 Å². The number of hydrogen-bond acceptors (Lipinski definition) is 4. The monoisotopic (exact) mass is 423 g/mol. The number of carbonyl (C=O) groups is 2. The lowest BCUT2D eigenvalue weighted by molar-refractivity contribution is -0.122. The zero-order chi connectivity index (χ0) is 21.3. The minimum absolute atomic E-state index is 0.0216. The van der Waals surface area contributed by atoms with Crippen molar-refractivity contribution < 1.29 is 9.59 Å². The van der Waals surface area contributed by atoms with Crippen molar-refractivity contribution in [1.29, 1.82) is 0 Å². The van der Waals surface area contributed by atoms with Crippen LogP contribution in [0.4, 0.5) is 5.69 Å². The van der Waals surface area contributed by atoms with Gasteiger partial charge in [-0.05, 0) is 49.8 Å². The Morgan fingerprint density at radius 3 is 2.50 bits per heavy atom. The molecule has 2 aromatic rings. The molecule has 0 aliphatic carbocycles. The van der Waals surface area contributed by atoms with Gasteiger partial charge >= 0.3 is 0 Å². The second-order valence-corrected chi connectivity index (χ2v) is 8.19. The van der Waals surface area contributed by atoms with Crippen molar-refractivity contribution in [1.82, 2.24) is 10.2 Å². The topological polar surface area (TPSA) is 52.7 Å². The van der Waals surface area contributed by atoms with Gasteiger partial charge in [0.05, 0.1) is 10.6 Å². The number of carbonyl (C=O) groups excluding carboxylic acids is 2. The van der Waals surface area contributed by atoms with Crippen molar-refractivity contribution in [2.45, 2.75) is 25.2 Å². The molecular formula is C24H29N3O2S. The van der Waals surface area contributed by atoms with E-state index < -0.39 is 0 Å². The fraction of sp³-hybridized carbons (Fsp3) is 0.333. The molecule has 0 spiro atoms. The van der Waals surface area contributed by atoms with Gasteiger partial charge in [-0.1, -0.05) is 68.1 Å². The van der Waals surface area contributed by atoms with Gasteiger partial charge in [-0.2, -0.15) is 0 Å². The number of benzene rings is 2. The second kappa shape index (κ2) is 11.0. The van der Waals surface area contributed by atoms with Crippen LogP contribution in [0, 0.1) is 0 Å². The average molecular weight is 424 g/mol. The van der Waals surface area contributed by atoms with Crippen LogP contribution in [0.3, 0.4) is 0 Å². The molecule has 5 nitrogen and oxygen atoms in total. The zero-order valence-electron chi connectivity index (χ0n) is 17.6. The van der Waals surface area contributed by atoms with Crippen molar-refractivity contribution >= 4 is 35.3 Å². The molecular weight excluding hydrogens is 394 g/mol. The van der Waals surface area contributed by atoms with Crippen molar-refractivity contribution in [2.24, 2.45) is 0 Å².